The Labute approximate surface area is 253 Å². The highest BCUT2D eigenvalue weighted by molar-refractivity contribution is 6.31. The molecule has 2 aromatic heterocycles. The second kappa shape index (κ2) is 12.2. The first-order valence-electron chi connectivity index (χ1n) is 14.5. The zero-order valence-electron chi connectivity index (χ0n) is 23.9. The predicted molar refractivity (Wildman–Crippen MR) is 158 cm³/mol. The minimum Gasteiger partial charge on any atom is -0.455 e. The van der Waals surface area contributed by atoms with E-state index in [2.05, 4.69) is 21.8 Å². The van der Waals surface area contributed by atoms with Gasteiger partial charge in [0.25, 0.3) is 0 Å². The molecule has 2 aliphatic rings. The van der Waals surface area contributed by atoms with Gasteiger partial charge in [-0.3, -0.25) is 9.69 Å². The first-order valence-corrected chi connectivity index (χ1v) is 14.9. The topological polar surface area (TPSA) is 53.3 Å². The van der Waals surface area contributed by atoms with Crippen molar-refractivity contribution >= 4 is 23.0 Å². The Morgan fingerprint density at radius 3 is 2.53 bits per heavy atom. The lowest BCUT2D eigenvalue weighted by atomic mass is 9.97. The van der Waals surface area contributed by atoms with E-state index in [0.717, 1.165) is 55.4 Å². The number of aromatic nitrogens is 2. The quantitative estimate of drug-likeness (QED) is 0.254. The Bertz CT molecular complexity index is 1630. The Hall–Kier alpha value is -3.60. The number of hydrogen-bond donors (Lipinski definition) is 0. The van der Waals surface area contributed by atoms with Gasteiger partial charge in [-0.1, -0.05) is 36.7 Å². The van der Waals surface area contributed by atoms with Crippen molar-refractivity contribution in [2.24, 2.45) is 0 Å². The number of amides is 1. The highest BCUT2D eigenvalue weighted by Crippen LogP contribution is 2.34. The molecule has 0 radical (unpaired) electrons. The first kappa shape index (κ1) is 29.5. The van der Waals surface area contributed by atoms with Gasteiger partial charge >= 0.3 is 6.18 Å². The van der Waals surface area contributed by atoms with Crippen molar-refractivity contribution in [1.82, 2.24) is 24.3 Å². The molecule has 0 saturated carbocycles. The Morgan fingerprint density at radius 1 is 0.977 bits per heavy atom. The van der Waals surface area contributed by atoms with E-state index in [-0.39, 0.29) is 24.4 Å². The van der Waals surface area contributed by atoms with Crippen molar-refractivity contribution in [3.8, 4) is 11.5 Å². The molecule has 2 aliphatic heterocycles. The summed E-state index contributed by atoms with van der Waals surface area (Å²) >= 11 is 6.13. The third-order valence-electron chi connectivity index (χ3n) is 8.35. The molecule has 1 amide bonds. The van der Waals surface area contributed by atoms with Crippen molar-refractivity contribution in [2.45, 2.75) is 39.0 Å². The number of nitrogens with zero attached hydrogens (tertiary/aromatic N) is 5. The van der Waals surface area contributed by atoms with Gasteiger partial charge in [0.05, 0.1) is 23.2 Å². The lowest BCUT2D eigenvalue weighted by Crippen LogP contribution is -2.45. The number of piperazine rings is 1. The fraction of sp³-hybridized carbons (Fsp3) is 0.375. The summed E-state index contributed by atoms with van der Waals surface area (Å²) in [6, 6.07) is 13.7. The monoisotopic (exact) mass is 611 g/mol. The number of hydrogen-bond acceptors (Lipinski definition) is 5. The summed E-state index contributed by atoms with van der Waals surface area (Å²) in [6.07, 6.45) is -0.602. The number of benzene rings is 2. The van der Waals surface area contributed by atoms with Crippen molar-refractivity contribution < 1.29 is 22.7 Å². The van der Waals surface area contributed by atoms with E-state index in [1.807, 2.05) is 18.2 Å². The lowest BCUT2D eigenvalue weighted by Gasteiger charge is -2.34. The lowest BCUT2D eigenvalue weighted by molar-refractivity contribution is -0.138. The second-order valence-electron chi connectivity index (χ2n) is 11.2. The van der Waals surface area contributed by atoms with Gasteiger partial charge in [-0.25, -0.2) is 4.52 Å². The molecule has 0 atom stereocenters. The molecule has 0 aliphatic carbocycles. The maximum atomic E-state index is 14.1. The summed E-state index contributed by atoms with van der Waals surface area (Å²) in [6.45, 7) is 7.34. The summed E-state index contributed by atoms with van der Waals surface area (Å²) < 4.78 is 50.1. The SMILES string of the molecule is CCN1CCN(Cc2ccc(CC(=O)N3CCc4ccc(Oc5ccnn6cc(Cl)cc56)cc4C3)cc2C(F)(F)F)CC1. The van der Waals surface area contributed by atoms with Crippen LogP contribution in [0.5, 0.6) is 11.5 Å². The van der Waals surface area contributed by atoms with Gasteiger partial charge in [0.1, 0.15) is 11.3 Å². The van der Waals surface area contributed by atoms with Gasteiger partial charge in [-0.15, -0.1) is 0 Å². The van der Waals surface area contributed by atoms with E-state index in [1.165, 1.54) is 0 Å². The summed E-state index contributed by atoms with van der Waals surface area (Å²) in [5.41, 5.74) is 2.76. The minimum atomic E-state index is -4.49. The largest absolute Gasteiger partial charge is 0.455 e. The molecule has 0 unspecified atom stereocenters. The normalized spacial score (nSPS) is 16.4. The van der Waals surface area contributed by atoms with Crippen molar-refractivity contribution in [1.29, 1.82) is 0 Å². The van der Waals surface area contributed by atoms with Crippen LogP contribution in [-0.2, 0) is 36.9 Å². The van der Waals surface area contributed by atoms with Gasteiger partial charge in [0, 0.05) is 58.1 Å². The van der Waals surface area contributed by atoms with E-state index >= 15 is 0 Å². The Balaban J connectivity index is 1.14. The van der Waals surface area contributed by atoms with E-state index < -0.39 is 11.7 Å². The highest BCUT2D eigenvalue weighted by Gasteiger charge is 2.34. The van der Waals surface area contributed by atoms with Gasteiger partial charge in [0.15, 0.2) is 5.75 Å². The van der Waals surface area contributed by atoms with Crippen LogP contribution in [0, 0.1) is 0 Å². The molecule has 4 aromatic rings. The predicted octanol–water partition coefficient (Wildman–Crippen LogP) is 6.06. The fourth-order valence-corrected chi connectivity index (χ4v) is 6.10. The van der Waals surface area contributed by atoms with Crippen LogP contribution < -0.4 is 4.74 Å². The number of likely N-dealkylation sites (N-methyl/N-ethyl adjacent to an activating group) is 1. The van der Waals surface area contributed by atoms with Crippen LogP contribution in [0.4, 0.5) is 13.2 Å². The van der Waals surface area contributed by atoms with Gasteiger partial charge in [0.2, 0.25) is 5.91 Å². The van der Waals surface area contributed by atoms with Gasteiger partial charge in [-0.2, -0.15) is 18.3 Å². The molecule has 7 nitrogen and oxygen atoms in total. The number of fused-ring (bicyclic) bond motifs is 2. The highest BCUT2D eigenvalue weighted by atomic mass is 35.5. The molecule has 0 N–H and O–H groups in total. The molecular formula is C32H33ClF3N5O2. The van der Waals surface area contributed by atoms with E-state index in [1.54, 1.807) is 46.1 Å². The molecule has 1 saturated heterocycles. The fourth-order valence-electron chi connectivity index (χ4n) is 5.91. The maximum absolute atomic E-state index is 14.1. The standard InChI is InChI=1S/C32H33ClF3N5O2/c1-2-38-11-13-39(14-12-38)19-24-4-3-22(15-28(24)32(34,35)36)16-31(42)40-10-8-23-5-6-27(17-25(23)20-40)43-30-7-9-37-41-21-26(33)18-29(30)41/h3-7,9,15,17-18,21H,2,8,10-14,16,19-20H2,1H3. The third kappa shape index (κ3) is 6.66. The maximum Gasteiger partial charge on any atom is 0.416 e. The smallest absolute Gasteiger partial charge is 0.416 e. The molecule has 0 bridgehead atoms. The van der Waals surface area contributed by atoms with Crippen molar-refractivity contribution in [3.63, 3.8) is 0 Å². The van der Waals surface area contributed by atoms with Gasteiger partial charge in [-0.05, 0) is 59.5 Å². The van der Waals surface area contributed by atoms with Crippen LogP contribution in [0.15, 0.2) is 60.9 Å². The number of halogens is 4. The third-order valence-corrected chi connectivity index (χ3v) is 8.55. The molecule has 1 fully saturated rings. The summed E-state index contributed by atoms with van der Waals surface area (Å²) in [5.74, 6) is 1.00. The second-order valence-corrected chi connectivity index (χ2v) is 11.6. The first-order chi connectivity index (χ1) is 20.7. The van der Waals surface area contributed by atoms with Crippen LogP contribution in [0.25, 0.3) is 5.52 Å². The summed E-state index contributed by atoms with van der Waals surface area (Å²) in [4.78, 5) is 19.4. The number of rotatable bonds is 7. The molecule has 0 spiro atoms. The number of ether oxygens (including phenoxy) is 1. The van der Waals surface area contributed by atoms with E-state index in [9.17, 15) is 18.0 Å². The van der Waals surface area contributed by atoms with Gasteiger partial charge < -0.3 is 14.5 Å². The molecule has 226 valence electrons. The van der Waals surface area contributed by atoms with Crippen molar-refractivity contribution in [3.05, 3.63) is 93.8 Å². The average Bonchev–Trinajstić information content (AvgIpc) is 3.38. The summed E-state index contributed by atoms with van der Waals surface area (Å²) in [7, 11) is 0. The van der Waals surface area contributed by atoms with Crippen LogP contribution in [0.3, 0.4) is 0 Å². The van der Waals surface area contributed by atoms with Crippen molar-refractivity contribution in [2.75, 3.05) is 39.3 Å². The van der Waals surface area contributed by atoms with Crippen LogP contribution in [-0.4, -0.2) is 69.5 Å². The minimum absolute atomic E-state index is 0.0893. The summed E-state index contributed by atoms with van der Waals surface area (Å²) in [5, 5.41) is 4.78. The number of alkyl halides is 3. The van der Waals surface area contributed by atoms with E-state index in [0.29, 0.717) is 41.6 Å². The zero-order chi connectivity index (χ0) is 30.1. The number of carbonyl (C=O) groups is 1. The Kier molecular flexibility index (Phi) is 8.35. The molecular weight excluding hydrogens is 579 g/mol. The van der Waals surface area contributed by atoms with Crippen LogP contribution >= 0.6 is 11.6 Å². The number of carbonyl (C=O) groups excluding carboxylic acids is 1. The molecule has 4 heterocycles. The molecule has 11 heteroatoms. The zero-order valence-corrected chi connectivity index (χ0v) is 24.7. The van der Waals surface area contributed by atoms with Crippen LogP contribution in [0.2, 0.25) is 5.02 Å². The molecule has 43 heavy (non-hydrogen) atoms. The molecule has 2 aromatic carbocycles. The average molecular weight is 612 g/mol. The van der Waals surface area contributed by atoms with Crippen LogP contribution in [0.1, 0.15) is 34.7 Å². The Morgan fingerprint density at radius 2 is 1.77 bits per heavy atom. The van der Waals surface area contributed by atoms with E-state index in [4.69, 9.17) is 16.3 Å². The molecule has 6 rings (SSSR count).